The summed E-state index contributed by atoms with van der Waals surface area (Å²) >= 11 is 0. The van der Waals surface area contributed by atoms with Crippen molar-refractivity contribution in [1.82, 2.24) is 0 Å². The molecule has 1 aromatic rings. The zero-order valence-corrected chi connectivity index (χ0v) is 12.8. The standard InChI is InChI=1S/C17H29NO/c1-5-9-14(4)12-19-17(13(2)3)16(18)15-10-7-6-8-11-15/h6-8,10-11,13-14,16-17H,5,9,12,18H2,1-4H3. The molecule has 1 rings (SSSR count). The second-order valence-electron chi connectivity index (χ2n) is 5.87. The van der Waals surface area contributed by atoms with E-state index < -0.39 is 0 Å². The molecular weight excluding hydrogens is 234 g/mol. The van der Waals surface area contributed by atoms with E-state index in [1.807, 2.05) is 18.2 Å². The van der Waals surface area contributed by atoms with Gasteiger partial charge in [-0.05, 0) is 23.8 Å². The summed E-state index contributed by atoms with van der Waals surface area (Å²) in [7, 11) is 0. The van der Waals surface area contributed by atoms with E-state index in [4.69, 9.17) is 10.5 Å². The van der Waals surface area contributed by atoms with Crippen molar-refractivity contribution in [2.24, 2.45) is 17.6 Å². The summed E-state index contributed by atoms with van der Waals surface area (Å²) < 4.78 is 6.11. The van der Waals surface area contributed by atoms with Crippen LogP contribution in [0.1, 0.15) is 52.1 Å². The van der Waals surface area contributed by atoms with E-state index in [0.717, 1.165) is 12.2 Å². The minimum Gasteiger partial charge on any atom is -0.376 e. The normalized spacial score (nSPS) is 16.3. The number of nitrogens with two attached hydrogens (primary N) is 1. The lowest BCUT2D eigenvalue weighted by molar-refractivity contribution is -0.0123. The van der Waals surface area contributed by atoms with Gasteiger partial charge in [0.25, 0.3) is 0 Å². The van der Waals surface area contributed by atoms with E-state index in [1.165, 1.54) is 12.8 Å². The molecule has 0 fully saturated rings. The van der Waals surface area contributed by atoms with Gasteiger partial charge in [-0.2, -0.15) is 0 Å². The molecule has 0 radical (unpaired) electrons. The molecule has 2 nitrogen and oxygen atoms in total. The van der Waals surface area contributed by atoms with Crippen molar-refractivity contribution in [2.75, 3.05) is 6.61 Å². The van der Waals surface area contributed by atoms with E-state index in [-0.39, 0.29) is 12.1 Å². The van der Waals surface area contributed by atoms with Crippen LogP contribution in [0.3, 0.4) is 0 Å². The Morgan fingerprint density at radius 3 is 2.26 bits per heavy atom. The smallest absolute Gasteiger partial charge is 0.0790 e. The first-order chi connectivity index (χ1) is 9.06. The maximum Gasteiger partial charge on any atom is 0.0790 e. The topological polar surface area (TPSA) is 35.2 Å². The van der Waals surface area contributed by atoms with Crippen molar-refractivity contribution in [1.29, 1.82) is 0 Å². The van der Waals surface area contributed by atoms with Crippen molar-refractivity contribution in [3.05, 3.63) is 35.9 Å². The maximum absolute atomic E-state index is 6.38. The SMILES string of the molecule is CCCC(C)COC(C(C)C)C(N)c1ccccc1. The van der Waals surface area contributed by atoms with E-state index in [9.17, 15) is 0 Å². The predicted octanol–water partition coefficient (Wildman–Crippen LogP) is 4.16. The third-order valence-electron chi connectivity index (χ3n) is 3.55. The van der Waals surface area contributed by atoms with Gasteiger partial charge < -0.3 is 10.5 Å². The second kappa shape index (κ2) is 8.34. The lowest BCUT2D eigenvalue weighted by Crippen LogP contribution is -2.34. The van der Waals surface area contributed by atoms with Gasteiger partial charge >= 0.3 is 0 Å². The fourth-order valence-electron chi connectivity index (χ4n) is 2.43. The van der Waals surface area contributed by atoms with Crippen LogP contribution >= 0.6 is 0 Å². The second-order valence-corrected chi connectivity index (χ2v) is 5.87. The molecule has 0 aliphatic rings. The number of hydrogen-bond donors (Lipinski definition) is 1. The summed E-state index contributed by atoms with van der Waals surface area (Å²) in [6.45, 7) is 9.62. The van der Waals surface area contributed by atoms with Gasteiger partial charge in [0.05, 0.1) is 12.1 Å². The lowest BCUT2D eigenvalue weighted by atomic mass is 9.94. The van der Waals surface area contributed by atoms with Gasteiger partial charge in [-0.25, -0.2) is 0 Å². The summed E-state index contributed by atoms with van der Waals surface area (Å²) in [5.41, 5.74) is 7.53. The first-order valence-electron chi connectivity index (χ1n) is 7.48. The molecule has 1 aromatic carbocycles. The van der Waals surface area contributed by atoms with Gasteiger partial charge in [0, 0.05) is 6.61 Å². The molecule has 3 atom stereocenters. The van der Waals surface area contributed by atoms with Gasteiger partial charge in [-0.15, -0.1) is 0 Å². The van der Waals surface area contributed by atoms with Gasteiger partial charge in [0.2, 0.25) is 0 Å². The summed E-state index contributed by atoms with van der Waals surface area (Å²) in [4.78, 5) is 0. The van der Waals surface area contributed by atoms with Crippen molar-refractivity contribution in [2.45, 2.75) is 52.7 Å². The van der Waals surface area contributed by atoms with Crippen LogP contribution in [0.4, 0.5) is 0 Å². The van der Waals surface area contributed by atoms with Crippen LogP contribution in [-0.4, -0.2) is 12.7 Å². The van der Waals surface area contributed by atoms with Crippen LogP contribution in [0.5, 0.6) is 0 Å². The molecule has 108 valence electrons. The molecule has 0 saturated carbocycles. The van der Waals surface area contributed by atoms with E-state index >= 15 is 0 Å². The molecule has 0 aromatic heterocycles. The fourth-order valence-corrected chi connectivity index (χ4v) is 2.43. The first-order valence-corrected chi connectivity index (χ1v) is 7.48. The molecule has 2 N–H and O–H groups in total. The van der Waals surface area contributed by atoms with Crippen LogP contribution < -0.4 is 5.73 Å². The van der Waals surface area contributed by atoms with Gasteiger partial charge in [0.15, 0.2) is 0 Å². The Morgan fingerprint density at radius 1 is 1.11 bits per heavy atom. The third-order valence-corrected chi connectivity index (χ3v) is 3.55. The number of hydrogen-bond acceptors (Lipinski definition) is 2. The Balaban J connectivity index is 2.62. The molecule has 0 bridgehead atoms. The summed E-state index contributed by atoms with van der Waals surface area (Å²) in [6.07, 6.45) is 2.51. The Hall–Kier alpha value is -0.860. The minimum atomic E-state index is -0.0463. The average Bonchev–Trinajstić information content (AvgIpc) is 2.39. The Labute approximate surface area is 118 Å². The van der Waals surface area contributed by atoms with Crippen molar-refractivity contribution in [3.8, 4) is 0 Å². The molecule has 3 unspecified atom stereocenters. The van der Waals surface area contributed by atoms with Gasteiger partial charge in [-0.3, -0.25) is 0 Å². The quantitative estimate of drug-likeness (QED) is 0.764. The maximum atomic E-state index is 6.38. The molecule has 0 aliphatic heterocycles. The Bertz CT molecular complexity index is 336. The Morgan fingerprint density at radius 2 is 1.74 bits per heavy atom. The highest BCUT2D eigenvalue weighted by atomic mass is 16.5. The van der Waals surface area contributed by atoms with Crippen LogP contribution in [0.15, 0.2) is 30.3 Å². The first kappa shape index (κ1) is 16.2. The van der Waals surface area contributed by atoms with Crippen LogP contribution in [0, 0.1) is 11.8 Å². The number of benzene rings is 1. The third kappa shape index (κ3) is 5.33. The highest BCUT2D eigenvalue weighted by Crippen LogP contribution is 2.23. The van der Waals surface area contributed by atoms with Gasteiger partial charge in [-0.1, -0.05) is 64.4 Å². The van der Waals surface area contributed by atoms with Crippen LogP contribution in [0.25, 0.3) is 0 Å². The largest absolute Gasteiger partial charge is 0.376 e. The van der Waals surface area contributed by atoms with E-state index in [2.05, 4.69) is 39.8 Å². The average molecular weight is 263 g/mol. The summed E-state index contributed by atoms with van der Waals surface area (Å²) in [5, 5.41) is 0. The van der Waals surface area contributed by atoms with Crippen LogP contribution in [0.2, 0.25) is 0 Å². The van der Waals surface area contributed by atoms with E-state index in [1.54, 1.807) is 0 Å². The molecule has 2 heteroatoms. The minimum absolute atomic E-state index is 0.0463. The molecule has 0 saturated heterocycles. The zero-order valence-electron chi connectivity index (χ0n) is 12.8. The molecule has 0 spiro atoms. The zero-order chi connectivity index (χ0) is 14.3. The Kier molecular flexibility index (Phi) is 7.11. The summed E-state index contributed by atoms with van der Waals surface area (Å²) in [6, 6.07) is 10.2. The number of rotatable bonds is 8. The fraction of sp³-hybridized carbons (Fsp3) is 0.647. The molecule has 0 amide bonds. The highest BCUT2D eigenvalue weighted by molar-refractivity contribution is 5.19. The van der Waals surface area contributed by atoms with Crippen LogP contribution in [-0.2, 0) is 4.74 Å². The van der Waals surface area contributed by atoms with Crippen molar-refractivity contribution in [3.63, 3.8) is 0 Å². The highest BCUT2D eigenvalue weighted by Gasteiger charge is 2.24. The van der Waals surface area contributed by atoms with Crippen molar-refractivity contribution >= 4 is 0 Å². The van der Waals surface area contributed by atoms with Crippen molar-refractivity contribution < 1.29 is 4.74 Å². The summed E-state index contributed by atoms with van der Waals surface area (Å²) in [5.74, 6) is 1.03. The number of ether oxygens (including phenoxy) is 1. The molecule has 0 aliphatic carbocycles. The molecular formula is C17H29NO. The lowest BCUT2D eigenvalue weighted by Gasteiger charge is -2.29. The molecule has 19 heavy (non-hydrogen) atoms. The van der Waals surface area contributed by atoms with E-state index in [0.29, 0.717) is 11.8 Å². The predicted molar refractivity (Wildman–Crippen MR) is 82.0 cm³/mol. The molecule has 0 heterocycles. The monoisotopic (exact) mass is 263 g/mol. The van der Waals surface area contributed by atoms with Gasteiger partial charge in [0.1, 0.15) is 0 Å².